The first-order valence-corrected chi connectivity index (χ1v) is 10.1. The van der Waals surface area contributed by atoms with Crippen LogP contribution in [0, 0.1) is 5.41 Å². The van der Waals surface area contributed by atoms with Crippen molar-refractivity contribution in [3.05, 3.63) is 52.2 Å². The zero-order chi connectivity index (χ0) is 20.1. The van der Waals surface area contributed by atoms with Gasteiger partial charge in [-0.15, -0.1) is 0 Å². The van der Waals surface area contributed by atoms with E-state index in [1.165, 1.54) is 6.33 Å². The molecule has 0 spiro atoms. The van der Waals surface area contributed by atoms with Gasteiger partial charge in [0.15, 0.2) is 6.29 Å². The van der Waals surface area contributed by atoms with Crippen LogP contribution in [0.2, 0.25) is 10.0 Å². The molecule has 8 heteroatoms. The molecule has 1 aliphatic heterocycles. The highest BCUT2D eigenvalue weighted by atomic mass is 35.5. The number of halogens is 2. The van der Waals surface area contributed by atoms with Crippen molar-refractivity contribution in [2.45, 2.75) is 45.8 Å². The average molecular weight is 426 g/mol. The number of aliphatic hydroxyl groups excluding tert-OH is 1. The third-order valence-corrected chi connectivity index (χ3v) is 5.47. The normalized spacial score (nSPS) is 23.5. The Hall–Kier alpha value is -1.60. The second kappa shape index (κ2) is 9.27. The molecule has 3 rings (SSSR count). The van der Waals surface area contributed by atoms with Crippen LogP contribution in [-0.4, -0.2) is 39.4 Å². The molecule has 1 aliphatic rings. The highest BCUT2D eigenvalue weighted by Crippen LogP contribution is 2.36. The SMILES string of the molecule is CCCCC1OCC(C)(C(O)=C(Cc2ccc(Cl)cc2Cl)n2cncn2)CO1. The Labute approximate surface area is 175 Å². The quantitative estimate of drug-likeness (QED) is 0.622. The minimum absolute atomic E-state index is 0.151. The lowest BCUT2D eigenvalue weighted by Gasteiger charge is -2.37. The maximum atomic E-state index is 11.2. The van der Waals surface area contributed by atoms with Gasteiger partial charge in [-0.25, -0.2) is 9.67 Å². The Morgan fingerprint density at radius 3 is 2.68 bits per heavy atom. The number of allylic oxidation sites excluding steroid dienone is 1. The Morgan fingerprint density at radius 1 is 1.32 bits per heavy atom. The summed E-state index contributed by atoms with van der Waals surface area (Å²) < 4.78 is 13.3. The molecule has 0 amide bonds. The van der Waals surface area contributed by atoms with Gasteiger partial charge >= 0.3 is 0 Å². The second-order valence-corrected chi connectivity index (χ2v) is 8.15. The lowest BCUT2D eigenvalue weighted by atomic mass is 9.87. The number of ether oxygens (including phenoxy) is 2. The largest absolute Gasteiger partial charge is 0.510 e. The van der Waals surface area contributed by atoms with Crippen molar-refractivity contribution < 1.29 is 14.6 Å². The summed E-state index contributed by atoms with van der Waals surface area (Å²) >= 11 is 12.3. The first-order chi connectivity index (χ1) is 13.4. The van der Waals surface area contributed by atoms with Crippen LogP contribution in [0.5, 0.6) is 0 Å². The van der Waals surface area contributed by atoms with Crippen LogP contribution in [0.4, 0.5) is 0 Å². The Morgan fingerprint density at radius 2 is 2.07 bits per heavy atom. The molecular formula is C20H25Cl2N3O3. The molecule has 0 unspecified atom stereocenters. The minimum atomic E-state index is -0.692. The summed E-state index contributed by atoms with van der Waals surface area (Å²) in [5.74, 6) is 0.151. The van der Waals surface area contributed by atoms with Crippen molar-refractivity contribution in [1.82, 2.24) is 14.8 Å². The van der Waals surface area contributed by atoms with Crippen molar-refractivity contribution in [3.8, 4) is 0 Å². The van der Waals surface area contributed by atoms with E-state index in [4.69, 9.17) is 32.7 Å². The molecule has 1 N–H and O–H groups in total. The van der Waals surface area contributed by atoms with E-state index in [-0.39, 0.29) is 12.0 Å². The zero-order valence-corrected chi connectivity index (χ0v) is 17.6. The molecule has 0 bridgehead atoms. The van der Waals surface area contributed by atoms with E-state index in [1.54, 1.807) is 23.1 Å². The van der Waals surface area contributed by atoms with Gasteiger partial charge in [0.05, 0.1) is 24.3 Å². The lowest BCUT2D eigenvalue weighted by Crippen LogP contribution is -2.41. The van der Waals surface area contributed by atoms with Crippen LogP contribution < -0.4 is 0 Å². The third-order valence-electron chi connectivity index (χ3n) is 4.88. The lowest BCUT2D eigenvalue weighted by molar-refractivity contribution is -0.224. The average Bonchev–Trinajstić information content (AvgIpc) is 3.21. The molecular weight excluding hydrogens is 401 g/mol. The summed E-state index contributed by atoms with van der Waals surface area (Å²) in [5.41, 5.74) is 0.705. The summed E-state index contributed by atoms with van der Waals surface area (Å²) in [5, 5.41) is 16.5. The van der Waals surface area contributed by atoms with Crippen LogP contribution in [0.25, 0.3) is 5.70 Å². The van der Waals surface area contributed by atoms with Gasteiger partial charge in [-0.1, -0.05) is 42.6 Å². The van der Waals surface area contributed by atoms with Crippen LogP contribution in [0.1, 0.15) is 38.7 Å². The first-order valence-electron chi connectivity index (χ1n) is 9.37. The Kier molecular flexibility index (Phi) is 6.99. The molecule has 0 saturated carbocycles. The van der Waals surface area contributed by atoms with E-state index in [2.05, 4.69) is 17.0 Å². The summed E-state index contributed by atoms with van der Waals surface area (Å²) in [6.07, 6.45) is 6.10. The summed E-state index contributed by atoms with van der Waals surface area (Å²) in [6.45, 7) is 4.77. The number of nitrogens with zero attached hydrogens (tertiary/aromatic N) is 3. The van der Waals surface area contributed by atoms with Crippen LogP contribution in [-0.2, 0) is 15.9 Å². The van der Waals surface area contributed by atoms with Crippen LogP contribution >= 0.6 is 23.2 Å². The molecule has 1 aromatic carbocycles. The van der Waals surface area contributed by atoms with E-state index < -0.39 is 5.41 Å². The molecule has 1 fully saturated rings. The molecule has 28 heavy (non-hydrogen) atoms. The van der Waals surface area contributed by atoms with Crippen LogP contribution in [0.3, 0.4) is 0 Å². The highest BCUT2D eigenvalue weighted by Gasteiger charge is 2.38. The molecule has 1 aromatic heterocycles. The fourth-order valence-electron chi connectivity index (χ4n) is 3.13. The predicted octanol–water partition coefficient (Wildman–Crippen LogP) is 5.12. The number of unbranched alkanes of at least 4 members (excludes halogenated alkanes) is 1. The molecule has 6 nitrogen and oxygen atoms in total. The van der Waals surface area contributed by atoms with E-state index in [9.17, 15) is 5.11 Å². The molecule has 1 saturated heterocycles. The van der Waals surface area contributed by atoms with Gasteiger partial charge in [0, 0.05) is 16.5 Å². The number of hydrogen-bond donors (Lipinski definition) is 1. The number of benzene rings is 1. The van der Waals surface area contributed by atoms with E-state index in [0.29, 0.717) is 35.4 Å². The topological polar surface area (TPSA) is 69.4 Å². The van der Waals surface area contributed by atoms with Crippen molar-refractivity contribution in [3.63, 3.8) is 0 Å². The van der Waals surface area contributed by atoms with Gasteiger partial charge in [0.1, 0.15) is 18.4 Å². The van der Waals surface area contributed by atoms with E-state index >= 15 is 0 Å². The smallest absolute Gasteiger partial charge is 0.157 e. The van der Waals surface area contributed by atoms with Crippen molar-refractivity contribution in [2.75, 3.05) is 13.2 Å². The molecule has 0 radical (unpaired) electrons. The summed E-state index contributed by atoms with van der Waals surface area (Å²) in [7, 11) is 0. The number of rotatable bonds is 7. The fraction of sp³-hybridized carbons (Fsp3) is 0.500. The standard InChI is InChI=1S/C20H25Cl2N3O3/c1-3-4-5-18-27-10-20(2,11-28-18)19(26)17(25-13-23-12-24-25)8-14-6-7-15(21)9-16(14)22/h6-7,9,12-13,18,26H,3-5,8,10-11H2,1-2H3. The minimum Gasteiger partial charge on any atom is -0.510 e. The monoisotopic (exact) mass is 425 g/mol. The van der Waals surface area contributed by atoms with Gasteiger partial charge in [0.2, 0.25) is 0 Å². The summed E-state index contributed by atoms with van der Waals surface area (Å²) in [6, 6.07) is 5.29. The van der Waals surface area contributed by atoms with Gasteiger partial charge < -0.3 is 14.6 Å². The maximum absolute atomic E-state index is 11.2. The first kappa shape index (κ1) is 21.1. The molecule has 2 heterocycles. The second-order valence-electron chi connectivity index (χ2n) is 7.30. The van der Waals surface area contributed by atoms with E-state index in [0.717, 1.165) is 24.8 Å². The van der Waals surface area contributed by atoms with Crippen LogP contribution in [0.15, 0.2) is 36.6 Å². The Balaban J connectivity index is 1.87. The maximum Gasteiger partial charge on any atom is 0.157 e. The molecule has 152 valence electrons. The van der Waals surface area contributed by atoms with Gasteiger partial charge in [-0.3, -0.25) is 0 Å². The third kappa shape index (κ3) is 4.87. The Bertz CT molecular complexity index is 816. The number of aromatic nitrogens is 3. The van der Waals surface area contributed by atoms with Gasteiger partial charge in [0.25, 0.3) is 0 Å². The van der Waals surface area contributed by atoms with E-state index in [1.807, 2.05) is 13.0 Å². The zero-order valence-electron chi connectivity index (χ0n) is 16.1. The number of aliphatic hydroxyl groups is 1. The van der Waals surface area contributed by atoms with Crippen molar-refractivity contribution in [2.24, 2.45) is 5.41 Å². The van der Waals surface area contributed by atoms with Crippen molar-refractivity contribution >= 4 is 28.9 Å². The van der Waals surface area contributed by atoms with Crippen molar-refractivity contribution in [1.29, 1.82) is 0 Å². The molecule has 0 atom stereocenters. The predicted molar refractivity (Wildman–Crippen MR) is 109 cm³/mol. The summed E-state index contributed by atoms with van der Waals surface area (Å²) in [4.78, 5) is 4.01. The highest BCUT2D eigenvalue weighted by molar-refractivity contribution is 6.35. The number of hydrogen-bond acceptors (Lipinski definition) is 5. The van der Waals surface area contributed by atoms with Gasteiger partial charge in [-0.2, -0.15) is 5.10 Å². The van der Waals surface area contributed by atoms with Gasteiger partial charge in [-0.05, 0) is 37.5 Å². The molecule has 2 aromatic rings. The molecule has 0 aliphatic carbocycles. The fourth-order valence-corrected chi connectivity index (χ4v) is 3.61.